The standard InChI is InChI=1S/C14H15N3O2/c1-3-10-4-6-11(7-5-10)17(2)13-12(14(18)19)8-9-15-16-13/h4-9H,3H2,1-2H3,(H,18,19). The van der Waals surface area contributed by atoms with Crippen LogP contribution in [0.2, 0.25) is 0 Å². The highest BCUT2D eigenvalue weighted by atomic mass is 16.4. The number of anilines is 2. The highest BCUT2D eigenvalue weighted by molar-refractivity contribution is 5.94. The maximum absolute atomic E-state index is 11.2. The predicted octanol–water partition coefficient (Wildman–Crippen LogP) is 2.51. The molecule has 0 spiro atoms. The van der Waals surface area contributed by atoms with Crippen molar-refractivity contribution in [1.29, 1.82) is 0 Å². The van der Waals surface area contributed by atoms with Gasteiger partial charge in [-0.1, -0.05) is 19.1 Å². The van der Waals surface area contributed by atoms with Gasteiger partial charge in [-0.15, -0.1) is 5.10 Å². The fourth-order valence-corrected chi connectivity index (χ4v) is 1.82. The van der Waals surface area contributed by atoms with Gasteiger partial charge in [-0.25, -0.2) is 4.79 Å². The van der Waals surface area contributed by atoms with Gasteiger partial charge in [0, 0.05) is 12.7 Å². The third-order valence-corrected chi connectivity index (χ3v) is 2.98. The minimum atomic E-state index is -1.01. The summed E-state index contributed by atoms with van der Waals surface area (Å²) in [4.78, 5) is 12.9. The molecule has 0 aliphatic carbocycles. The average Bonchev–Trinajstić information content (AvgIpc) is 2.46. The molecule has 0 atom stereocenters. The van der Waals surface area contributed by atoms with E-state index >= 15 is 0 Å². The van der Waals surface area contributed by atoms with Crippen molar-refractivity contribution in [3.05, 3.63) is 47.7 Å². The third kappa shape index (κ3) is 2.70. The Morgan fingerprint density at radius 2 is 1.95 bits per heavy atom. The topological polar surface area (TPSA) is 66.3 Å². The van der Waals surface area contributed by atoms with E-state index in [1.165, 1.54) is 17.8 Å². The van der Waals surface area contributed by atoms with Gasteiger partial charge in [-0.2, -0.15) is 5.10 Å². The van der Waals surface area contributed by atoms with E-state index in [2.05, 4.69) is 17.1 Å². The van der Waals surface area contributed by atoms with E-state index in [1.54, 1.807) is 11.9 Å². The van der Waals surface area contributed by atoms with Crippen molar-refractivity contribution in [2.45, 2.75) is 13.3 Å². The van der Waals surface area contributed by atoms with E-state index in [-0.39, 0.29) is 5.56 Å². The molecule has 0 radical (unpaired) electrons. The lowest BCUT2D eigenvalue weighted by Gasteiger charge is -2.19. The molecule has 2 rings (SSSR count). The molecule has 1 aromatic carbocycles. The van der Waals surface area contributed by atoms with Crippen LogP contribution >= 0.6 is 0 Å². The molecular formula is C14H15N3O2. The Labute approximate surface area is 111 Å². The Bertz CT molecular complexity index is 581. The molecule has 5 heteroatoms. The zero-order valence-corrected chi connectivity index (χ0v) is 10.9. The fraction of sp³-hybridized carbons (Fsp3) is 0.214. The highest BCUT2D eigenvalue weighted by Crippen LogP contribution is 2.24. The number of carbonyl (C=O) groups is 1. The third-order valence-electron chi connectivity index (χ3n) is 2.98. The van der Waals surface area contributed by atoms with Gasteiger partial charge in [-0.3, -0.25) is 0 Å². The largest absolute Gasteiger partial charge is 0.478 e. The second-order valence-electron chi connectivity index (χ2n) is 4.15. The van der Waals surface area contributed by atoms with Crippen molar-refractivity contribution in [3.8, 4) is 0 Å². The van der Waals surface area contributed by atoms with Crippen LogP contribution in [0.5, 0.6) is 0 Å². The lowest BCUT2D eigenvalue weighted by atomic mass is 10.1. The maximum Gasteiger partial charge on any atom is 0.339 e. The van der Waals surface area contributed by atoms with Crippen molar-refractivity contribution in [2.24, 2.45) is 0 Å². The molecule has 0 fully saturated rings. The van der Waals surface area contributed by atoms with Crippen LogP contribution in [0.25, 0.3) is 0 Å². The van der Waals surface area contributed by atoms with E-state index in [1.807, 2.05) is 24.3 Å². The maximum atomic E-state index is 11.2. The molecule has 0 aliphatic heterocycles. The number of hydrogen-bond donors (Lipinski definition) is 1. The van der Waals surface area contributed by atoms with Gasteiger partial charge in [0.15, 0.2) is 5.82 Å². The van der Waals surface area contributed by atoms with Crippen LogP contribution in [0.3, 0.4) is 0 Å². The summed E-state index contributed by atoms with van der Waals surface area (Å²) in [6.45, 7) is 2.09. The van der Waals surface area contributed by atoms with Crippen LogP contribution in [0.4, 0.5) is 11.5 Å². The second-order valence-corrected chi connectivity index (χ2v) is 4.15. The van der Waals surface area contributed by atoms with Crippen molar-refractivity contribution in [3.63, 3.8) is 0 Å². The number of aryl methyl sites for hydroxylation is 1. The summed E-state index contributed by atoms with van der Waals surface area (Å²) in [5, 5.41) is 16.8. The summed E-state index contributed by atoms with van der Waals surface area (Å²) in [6, 6.07) is 9.37. The Morgan fingerprint density at radius 1 is 1.26 bits per heavy atom. The zero-order valence-electron chi connectivity index (χ0n) is 10.9. The quantitative estimate of drug-likeness (QED) is 0.911. The van der Waals surface area contributed by atoms with Crippen molar-refractivity contribution >= 4 is 17.5 Å². The number of aromatic nitrogens is 2. The molecule has 0 amide bonds. The number of hydrogen-bond acceptors (Lipinski definition) is 4. The Morgan fingerprint density at radius 3 is 2.53 bits per heavy atom. The van der Waals surface area contributed by atoms with E-state index in [0.29, 0.717) is 5.82 Å². The van der Waals surface area contributed by atoms with Crippen LogP contribution in [-0.4, -0.2) is 28.3 Å². The van der Waals surface area contributed by atoms with Crippen LogP contribution in [-0.2, 0) is 6.42 Å². The first-order chi connectivity index (χ1) is 9.13. The molecule has 0 unspecified atom stereocenters. The molecule has 98 valence electrons. The van der Waals surface area contributed by atoms with Crippen molar-refractivity contribution in [1.82, 2.24) is 10.2 Å². The summed E-state index contributed by atoms with van der Waals surface area (Å²) in [5.41, 5.74) is 2.24. The average molecular weight is 257 g/mol. The Kier molecular flexibility index (Phi) is 3.75. The normalized spacial score (nSPS) is 10.2. The summed E-state index contributed by atoms with van der Waals surface area (Å²) >= 11 is 0. The van der Waals surface area contributed by atoms with Gasteiger partial charge in [-0.05, 0) is 30.2 Å². The zero-order chi connectivity index (χ0) is 13.8. The first-order valence-corrected chi connectivity index (χ1v) is 6.01. The predicted molar refractivity (Wildman–Crippen MR) is 72.9 cm³/mol. The molecule has 19 heavy (non-hydrogen) atoms. The summed E-state index contributed by atoms with van der Waals surface area (Å²) in [5.74, 6) is -0.679. The number of carboxylic acids is 1. The van der Waals surface area contributed by atoms with Gasteiger partial charge >= 0.3 is 5.97 Å². The molecule has 1 aromatic heterocycles. The van der Waals surface area contributed by atoms with E-state index in [4.69, 9.17) is 5.11 Å². The Balaban J connectivity index is 2.37. The fourth-order valence-electron chi connectivity index (χ4n) is 1.82. The SMILES string of the molecule is CCc1ccc(N(C)c2nnccc2C(=O)O)cc1. The highest BCUT2D eigenvalue weighted by Gasteiger charge is 2.16. The van der Waals surface area contributed by atoms with E-state index < -0.39 is 5.97 Å². The van der Waals surface area contributed by atoms with Gasteiger partial charge in [0.1, 0.15) is 5.56 Å². The van der Waals surface area contributed by atoms with Crippen LogP contribution in [0.15, 0.2) is 36.5 Å². The molecule has 0 bridgehead atoms. The molecule has 0 saturated heterocycles. The number of benzene rings is 1. The van der Waals surface area contributed by atoms with Gasteiger partial charge < -0.3 is 10.0 Å². The van der Waals surface area contributed by atoms with Crippen LogP contribution in [0, 0.1) is 0 Å². The monoisotopic (exact) mass is 257 g/mol. The molecule has 5 nitrogen and oxygen atoms in total. The van der Waals surface area contributed by atoms with Crippen molar-refractivity contribution in [2.75, 3.05) is 11.9 Å². The lowest BCUT2D eigenvalue weighted by Crippen LogP contribution is -2.16. The van der Waals surface area contributed by atoms with Crippen molar-refractivity contribution < 1.29 is 9.90 Å². The number of rotatable bonds is 4. The summed E-state index contributed by atoms with van der Waals surface area (Å²) in [7, 11) is 1.78. The molecular weight excluding hydrogens is 242 g/mol. The number of nitrogens with zero attached hydrogens (tertiary/aromatic N) is 3. The first-order valence-electron chi connectivity index (χ1n) is 6.01. The number of carboxylic acid groups (broad SMARTS) is 1. The Hall–Kier alpha value is -2.43. The van der Waals surface area contributed by atoms with E-state index in [9.17, 15) is 4.79 Å². The summed E-state index contributed by atoms with van der Waals surface area (Å²) in [6.07, 6.45) is 2.34. The molecule has 0 saturated carbocycles. The van der Waals surface area contributed by atoms with Gasteiger partial charge in [0.2, 0.25) is 0 Å². The number of aromatic carboxylic acids is 1. The second kappa shape index (κ2) is 5.48. The molecule has 1 N–H and O–H groups in total. The minimum absolute atomic E-state index is 0.136. The van der Waals surface area contributed by atoms with Crippen LogP contribution < -0.4 is 4.90 Å². The lowest BCUT2D eigenvalue weighted by molar-refractivity contribution is 0.0697. The smallest absolute Gasteiger partial charge is 0.339 e. The molecule has 1 heterocycles. The summed E-state index contributed by atoms with van der Waals surface area (Å²) < 4.78 is 0. The molecule has 0 aliphatic rings. The van der Waals surface area contributed by atoms with E-state index in [0.717, 1.165) is 12.1 Å². The van der Waals surface area contributed by atoms with Gasteiger partial charge in [0.05, 0.1) is 6.20 Å². The van der Waals surface area contributed by atoms with Crippen LogP contribution in [0.1, 0.15) is 22.8 Å². The first kappa shape index (κ1) is 13.0. The molecule has 2 aromatic rings. The van der Waals surface area contributed by atoms with Gasteiger partial charge in [0.25, 0.3) is 0 Å². The minimum Gasteiger partial charge on any atom is -0.478 e.